The third-order valence-corrected chi connectivity index (χ3v) is 5.10. The van der Waals surface area contributed by atoms with Gasteiger partial charge in [-0.3, -0.25) is 4.79 Å². The van der Waals surface area contributed by atoms with Crippen molar-refractivity contribution in [2.45, 2.75) is 25.3 Å². The molecule has 4 unspecified atom stereocenters. The number of fused-ring (bicyclic) bond motifs is 2. The summed E-state index contributed by atoms with van der Waals surface area (Å²) in [5, 5.41) is 8.30. The first-order valence-electron chi connectivity index (χ1n) is 8.40. The minimum atomic E-state index is -0.292. The Kier molecular flexibility index (Phi) is 4.85. The molecule has 3 amide bonds. The van der Waals surface area contributed by atoms with Crippen molar-refractivity contribution < 1.29 is 9.59 Å². The van der Waals surface area contributed by atoms with Gasteiger partial charge in [0.25, 0.3) is 0 Å². The van der Waals surface area contributed by atoms with Gasteiger partial charge in [-0.05, 0) is 55.4 Å². The van der Waals surface area contributed by atoms with E-state index >= 15 is 0 Å². The van der Waals surface area contributed by atoms with E-state index in [1.54, 1.807) is 30.3 Å². The van der Waals surface area contributed by atoms with Gasteiger partial charge in [0.05, 0.1) is 5.92 Å². The van der Waals surface area contributed by atoms with Crippen LogP contribution in [-0.4, -0.2) is 24.5 Å². The zero-order valence-corrected chi connectivity index (χ0v) is 13.6. The predicted molar refractivity (Wildman–Crippen MR) is 94.6 cm³/mol. The van der Waals surface area contributed by atoms with E-state index in [9.17, 15) is 9.59 Å². The smallest absolute Gasteiger partial charge is 0.319 e. The Bertz CT molecular complexity index is 626. The second-order valence-corrected chi connectivity index (χ2v) is 6.63. The van der Waals surface area contributed by atoms with Crippen LogP contribution in [0.25, 0.3) is 0 Å². The molecule has 0 spiro atoms. The van der Waals surface area contributed by atoms with Crippen LogP contribution >= 0.6 is 0 Å². The lowest BCUT2D eigenvalue weighted by Crippen LogP contribution is -2.42. The standard InChI is InChI=1S/C18H24N4O2/c1-2-9-20-18(24)22-14-7-5-13(6-8-14)21-17(23)15-11-3-4-12(10-11)16(15)19/h2,5-8,11-12,15-16H,1,3-4,9-10,19H2,(H,21,23)(H2,20,22,24). The number of nitrogens with one attached hydrogen (secondary N) is 3. The van der Waals surface area contributed by atoms with Gasteiger partial charge in [-0.2, -0.15) is 0 Å². The lowest BCUT2D eigenvalue weighted by Gasteiger charge is -2.27. The fourth-order valence-electron chi connectivity index (χ4n) is 3.93. The zero-order valence-electron chi connectivity index (χ0n) is 13.6. The first kappa shape index (κ1) is 16.5. The molecule has 2 bridgehead atoms. The van der Waals surface area contributed by atoms with Crippen molar-refractivity contribution in [2.24, 2.45) is 23.5 Å². The lowest BCUT2D eigenvalue weighted by molar-refractivity contribution is -0.121. The maximum atomic E-state index is 12.5. The van der Waals surface area contributed by atoms with Crippen LogP contribution in [0.15, 0.2) is 36.9 Å². The number of rotatable bonds is 5. The highest BCUT2D eigenvalue weighted by molar-refractivity contribution is 5.94. The molecular weight excluding hydrogens is 304 g/mol. The molecule has 2 saturated carbocycles. The van der Waals surface area contributed by atoms with Crippen molar-refractivity contribution in [2.75, 3.05) is 17.2 Å². The van der Waals surface area contributed by atoms with E-state index < -0.39 is 0 Å². The van der Waals surface area contributed by atoms with Crippen molar-refractivity contribution >= 4 is 23.3 Å². The maximum absolute atomic E-state index is 12.5. The second-order valence-electron chi connectivity index (χ2n) is 6.63. The second kappa shape index (κ2) is 7.05. The first-order valence-corrected chi connectivity index (χ1v) is 8.40. The number of benzene rings is 1. The number of hydrogen-bond donors (Lipinski definition) is 4. The molecule has 0 aliphatic heterocycles. The van der Waals surface area contributed by atoms with Gasteiger partial charge in [-0.15, -0.1) is 6.58 Å². The molecule has 5 N–H and O–H groups in total. The average Bonchev–Trinajstić information content (AvgIpc) is 3.15. The molecule has 2 fully saturated rings. The summed E-state index contributed by atoms with van der Waals surface area (Å²) < 4.78 is 0. The van der Waals surface area contributed by atoms with Crippen LogP contribution in [0.3, 0.4) is 0 Å². The summed E-state index contributed by atoms with van der Waals surface area (Å²) in [6, 6.07) is 6.76. The molecule has 2 aliphatic carbocycles. The number of carbonyl (C=O) groups is 2. The normalized spacial score (nSPS) is 27.5. The van der Waals surface area contributed by atoms with Crippen LogP contribution in [0, 0.1) is 17.8 Å². The Morgan fingerprint density at radius 3 is 2.33 bits per heavy atom. The molecule has 128 valence electrons. The highest BCUT2D eigenvalue weighted by Crippen LogP contribution is 2.47. The molecule has 0 radical (unpaired) electrons. The van der Waals surface area contributed by atoms with Crippen LogP contribution in [-0.2, 0) is 4.79 Å². The summed E-state index contributed by atoms with van der Waals surface area (Å²) in [6.45, 7) is 3.95. The third kappa shape index (κ3) is 3.43. The summed E-state index contributed by atoms with van der Waals surface area (Å²) in [5.41, 5.74) is 7.59. The number of carbonyl (C=O) groups excluding carboxylic acids is 2. The Hall–Kier alpha value is -2.34. The summed E-state index contributed by atoms with van der Waals surface area (Å²) >= 11 is 0. The Morgan fingerprint density at radius 2 is 1.75 bits per heavy atom. The molecule has 24 heavy (non-hydrogen) atoms. The predicted octanol–water partition coefficient (Wildman–Crippen LogP) is 2.31. The summed E-state index contributed by atoms with van der Waals surface area (Å²) in [5.74, 6) is 0.872. The minimum Gasteiger partial charge on any atom is -0.334 e. The van der Waals surface area contributed by atoms with Crippen molar-refractivity contribution in [3.8, 4) is 0 Å². The molecular formula is C18H24N4O2. The van der Waals surface area contributed by atoms with E-state index in [2.05, 4.69) is 22.5 Å². The van der Waals surface area contributed by atoms with E-state index in [-0.39, 0.29) is 23.9 Å². The molecule has 3 rings (SSSR count). The van der Waals surface area contributed by atoms with E-state index in [1.165, 1.54) is 0 Å². The number of hydrogen-bond acceptors (Lipinski definition) is 3. The van der Waals surface area contributed by atoms with Gasteiger partial charge < -0.3 is 21.7 Å². The van der Waals surface area contributed by atoms with Gasteiger partial charge in [0.2, 0.25) is 5.91 Å². The largest absolute Gasteiger partial charge is 0.334 e. The number of amides is 3. The summed E-state index contributed by atoms with van der Waals surface area (Å²) in [6.07, 6.45) is 4.96. The number of urea groups is 1. The Morgan fingerprint density at radius 1 is 1.12 bits per heavy atom. The summed E-state index contributed by atoms with van der Waals surface area (Å²) in [7, 11) is 0. The molecule has 1 aromatic rings. The Balaban J connectivity index is 1.55. The average molecular weight is 328 g/mol. The van der Waals surface area contributed by atoms with Crippen LogP contribution < -0.4 is 21.7 Å². The van der Waals surface area contributed by atoms with Crippen molar-refractivity contribution in [3.05, 3.63) is 36.9 Å². The quantitative estimate of drug-likeness (QED) is 0.625. The van der Waals surface area contributed by atoms with Gasteiger partial charge in [0.15, 0.2) is 0 Å². The molecule has 0 saturated heterocycles. The van der Waals surface area contributed by atoms with Crippen LogP contribution in [0.2, 0.25) is 0 Å². The zero-order chi connectivity index (χ0) is 17.1. The highest BCUT2D eigenvalue weighted by atomic mass is 16.2. The maximum Gasteiger partial charge on any atom is 0.319 e. The van der Waals surface area contributed by atoms with Gasteiger partial charge >= 0.3 is 6.03 Å². The van der Waals surface area contributed by atoms with E-state index in [4.69, 9.17) is 5.73 Å². The number of nitrogens with two attached hydrogens (primary N) is 1. The van der Waals surface area contributed by atoms with E-state index in [0.29, 0.717) is 29.8 Å². The highest BCUT2D eigenvalue weighted by Gasteiger charge is 2.49. The topological polar surface area (TPSA) is 96.2 Å². The van der Waals surface area contributed by atoms with Gasteiger partial charge in [-0.1, -0.05) is 6.08 Å². The van der Waals surface area contributed by atoms with Gasteiger partial charge in [0, 0.05) is 24.0 Å². The molecule has 0 heterocycles. The van der Waals surface area contributed by atoms with Crippen molar-refractivity contribution in [1.82, 2.24) is 5.32 Å². The monoisotopic (exact) mass is 328 g/mol. The van der Waals surface area contributed by atoms with Crippen LogP contribution in [0.5, 0.6) is 0 Å². The Labute approximate surface area is 141 Å². The molecule has 4 atom stereocenters. The van der Waals surface area contributed by atoms with Crippen molar-refractivity contribution in [1.29, 1.82) is 0 Å². The molecule has 1 aromatic carbocycles. The fraction of sp³-hybridized carbons (Fsp3) is 0.444. The van der Waals surface area contributed by atoms with Crippen LogP contribution in [0.4, 0.5) is 16.2 Å². The van der Waals surface area contributed by atoms with E-state index in [1.807, 2.05) is 0 Å². The third-order valence-electron chi connectivity index (χ3n) is 5.10. The molecule has 6 heteroatoms. The first-order chi connectivity index (χ1) is 11.6. The van der Waals surface area contributed by atoms with Gasteiger partial charge in [-0.25, -0.2) is 4.79 Å². The van der Waals surface area contributed by atoms with Crippen molar-refractivity contribution in [3.63, 3.8) is 0 Å². The molecule has 0 aromatic heterocycles. The minimum absolute atomic E-state index is 0.0131. The lowest BCUT2D eigenvalue weighted by atomic mass is 9.84. The number of anilines is 2. The molecule has 2 aliphatic rings. The SMILES string of the molecule is C=CCNC(=O)Nc1ccc(NC(=O)C2C3CCC(C3)C2N)cc1. The molecule has 6 nitrogen and oxygen atoms in total. The van der Waals surface area contributed by atoms with Gasteiger partial charge in [0.1, 0.15) is 0 Å². The summed E-state index contributed by atoms with van der Waals surface area (Å²) in [4.78, 5) is 24.1. The van der Waals surface area contributed by atoms with E-state index in [0.717, 1.165) is 19.3 Å². The fourth-order valence-corrected chi connectivity index (χ4v) is 3.93. The van der Waals surface area contributed by atoms with Crippen LogP contribution in [0.1, 0.15) is 19.3 Å².